The Kier molecular flexibility index (Phi) is 5.12. The molecule has 1 amide bonds. The number of carbonyl (C=O) groups is 2. The molecular weight excluding hydrogens is 336 g/mol. The molecule has 8 heteroatoms. The summed E-state index contributed by atoms with van der Waals surface area (Å²) >= 11 is 0. The number of para-hydroxylation sites is 1. The van der Waals surface area contributed by atoms with Crippen molar-refractivity contribution in [2.75, 3.05) is 12.4 Å². The fourth-order valence-electron chi connectivity index (χ4n) is 2.39. The molecule has 26 heavy (non-hydrogen) atoms. The molecule has 3 aromatic rings. The van der Waals surface area contributed by atoms with Gasteiger partial charge in [0.1, 0.15) is 11.0 Å². The van der Waals surface area contributed by atoms with Crippen molar-refractivity contribution in [2.45, 2.75) is 19.4 Å². The zero-order valence-corrected chi connectivity index (χ0v) is 14.4. The molecule has 8 nitrogen and oxygen atoms in total. The summed E-state index contributed by atoms with van der Waals surface area (Å²) in [7, 11) is 1.31. The van der Waals surface area contributed by atoms with Crippen molar-refractivity contribution in [3.63, 3.8) is 0 Å². The Morgan fingerprint density at radius 2 is 1.96 bits per heavy atom. The van der Waals surface area contributed by atoms with E-state index in [1.165, 1.54) is 7.11 Å². The Morgan fingerprint density at radius 3 is 2.65 bits per heavy atom. The zero-order chi connectivity index (χ0) is 18.5. The second kappa shape index (κ2) is 7.64. The normalized spacial score (nSPS) is 11.8. The van der Waals surface area contributed by atoms with Crippen molar-refractivity contribution in [3.05, 3.63) is 54.1 Å². The van der Waals surface area contributed by atoms with E-state index in [-0.39, 0.29) is 5.91 Å². The third kappa shape index (κ3) is 3.64. The number of nitrogens with zero attached hydrogens (tertiary/aromatic N) is 3. The summed E-state index contributed by atoms with van der Waals surface area (Å²) in [6.07, 6.45) is -0.349. The molecular formula is C18H18N4O4. The number of carbonyl (C=O) groups excluding carboxylic acids is 2. The first-order chi connectivity index (χ1) is 12.6. The lowest BCUT2D eigenvalue weighted by Crippen LogP contribution is -2.37. The van der Waals surface area contributed by atoms with Gasteiger partial charge in [0.25, 0.3) is 5.91 Å². The van der Waals surface area contributed by atoms with Crippen LogP contribution in [0, 0.1) is 0 Å². The number of ether oxygens (including phenoxy) is 1. The standard InChI is InChI=1S/C18H18N4O4/c1-3-16(17(23)19-13-7-5-4-6-8-13)26-22-15-11-12(18(24)25-2)9-10-14(15)20-21-22/h4-11,16H,3H2,1-2H3,(H,19,23). The minimum atomic E-state index is -0.776. The van der Waals surface area contributed by atoms with E-state index in [1.54, 1.807) is 30.3 Å². The lowest BCUT2D eigenvalue weighted by molar-refractivity contribution is -0.128. The van der Waals surface area contributed by atoms with Gasteiger partial charge in [-0.25, -0.2) is 4.79 Å². The lowest BCUT2D eigenvalue weighted by atomic mass is 10.2. The van der Waals surface area contributed by atoms with Crippen LogP contribution in [-0.4, -0.2) is 40.2 Å². The molecule has 134 valence electrons. The summed E-state index contributed by atoms with van der Waals surface area (Å²) in [5, 5.41) is 10.7. The molecule has 0 aliphatic carbocycles. The van der Waals surface area contributed by atoms with Gasteiger partial charge in [-0.05, 0) is 42.0 Å². The van der Waals surface area contributed by atoms with Crippen LogP contribution in [0.4, 0.5) is 5.69 Å². The number of nitrogens with one attached hydrogen (secondary N) is 1. The van der Waals surface area contributed by atoms with Crippen LogP contribution in [0.5, 0.6) is 0 Å². The van der Waals surface area contributed by atoms with Gasteiger partial charge in [-0.15, -0.1) is 5.10 Å². The van der Waals surface area contributed by atoms with E-state index in [4.69, 9.17) is 9.57 Å². The maximum absolute atomic E-state index is 12.5. The zero-order valence-electron chi connectivity index (χ0n) is 14.4. The number of amides is 1. The molecule has 3 rings (SSSR count). The van der Waals surface area contributed by atoms with Crippen LogP contribution in [0.25, 0.3) is 11.0 Å². The maximum atomic E-state index is 12.5. The summed E-state index contributed by atoms with van der Waals surface area (Å²) in [4.78, 5) is 31.0. The molecule has 0 aliphatic rings. The smallest absolute Gasteiger partial charge is 0.337 e. The molecule has 1 unspecified atom stereocenters. The highest BCUT2D eigenvalue weighted by Crippen LogP contribution is 2.15. The minimum absolute atomic E-state index is 0.300. The van der Waals surface area contributed by atoms with Crippen LogP contribution in [0.1, 0.15) is 23.7 Å². The minimum Gasteiger partial charge on any atom is -0.465 e. The van der Waals surface area contributed by atoms with Gasteiger partial charge in [-0.3, -0.25) is 4.79 Å². The summed E-state index contributed by atoms with van der Waals surface area (Å²) in [5.74, 6) is -0.778. The van der Waals surface area contributed by atoms with Crippen molar-refractivity contribution in [3.8, 4) is 0 Å². The molecule has 0 fully saturated rings. The Bertz CT molecular complexity index is 923. The number of fused-ring (bicyclic) bond motifs is 1. The Hall–Kier alpha value is -3.42. The summed E-state index contributed by atoms with van der Waals surface area (Å²) in [6, 6.07) is 13.9. The monoisotopic (exact) mass is 354 g/mol. The first-order valence-electron chi connectivity index (χ1n) is 8.09. The van der Waals surface area contributed by atoms with Gasteiger partial charge in [0.05, 0.1) is 12.7 Å². The molecule has 1 N–H and O–H groups in total. The van der Waals surface area contributed by atoms with E-state index in [9.17, 15) is 9.59 Å². The van der Waals surface area contributed by atoms with Crippen LogP contribution in [0.15, 0.2) is 48.5 Å². The van der Waals surface area contributed by atoms with Crippen molar-refractivity contribution >= 4 is 28.6 Å². The van der Waals surface area contributed by atoms with Gasteiger partial charge in [-0.2, -0.15) is 0 Å². The van der Waals surface area contributed by atoms with Crippen LogP contribution < -0.4 is 10.2 Å². The number of hydrogen-bond acceptors (Lipinski definition) is 6. The molecule has 0 bridgehead atoms. The van der Waals surface area contributed by atoms with Crippen molar-refractivity contribution in [2.24, 2.45) is 0 Å². The summed E-state index contributed by atoms with van der Waals surface area (Å²) in [6.45, 7) is 1.83. The van der Waals surface area contributed by atoms with Crippen LogP contribution >= 0.6 is 0 Å². The number of hydrogen-bond donors (Lipinski definition) is 1. The van der Waals surface area contributed by atoms with Crippen molar-refractivity contribution in [1.29, 1.82) is 0 Å². The number of anilines is 1. The fourth-order valence-corrected chi connectivity index (χ4v) is 2.39. The summed E-state index contributed by atoms with van der Waals surface area (Å²) in [5.41, 5.74) is 2.03. The van der Waals surface area contributed by atoms with Gasteiger partial charge in [0, 0.05) is 5.69 Å². The Balaban J connectivity index is 1.81. The fraction of sp³-hybridized carbons (Fsp3) is 0.222. The van der Waals surface area contributed by atoms with Crippen molar-refractivity contribution < 1.29 is 19.2 Å². The molecule has 0 saturated heterocycles. The van der Waals surface area contributed by atoms with Crippen LogP contribution in [-0.2, 0) is 9.53 Å². The average molecular weight is 354 g/mol. The van der Waals surface area contributed by atoms with Crippen molar-refractivity contribution in [1.82, 2.24) is 15.2 Å². The molecule has 1 atom stereocenters. The molecule has 1 heterocycles. The van der Waals surface area contributed by atoms with E-state index in [0.29, 0.717) is 28.7 Å². The largest absolute Gasteiger partial charge is 0.465 e. The highest BCUT2D eigenvalue weighted by atomic mass is 16.7. The number of benzene rings is 2. The van der Waals surface area contributed by atoms with Gasteiger partial charge in [0.15, 0.2) is 0 Å². The molecule has 0 aliphatic heterocycles. The Morgan fingerprint density at radius 1 is 1.19 bits per heavy atom. The molecule has 1 aromatic heterocycles. The lowest BCUT2D eigenvalue weighted by Gasteiger charge is -2.16. The van der Waals surface area contributed by atoms with E-state index in [1.807, 2.05) is 25.1 Å². The van der Waals surface area contributed by atoms with Gasteiger partial charge < -0.3 is 14.9 Å². The third-order valence-corrected chi connectivity index (χ3v) is 3.77. The molecule has 0 spiro atoms. The van der Waals surface area contributed by atoms with E-state index in [2.05, 4.69) is 15.6 Å². The second-order valence-electron chi connectivity index (χ2n) is 5.52. The van der Waals surface area contributed by atoms with Crippen LogP contribution in [0.2, 0.25) is 0 Å². The Labute approximate surface area is 149 Å². The number of rotatable bonds is 6. The van der Waals surface area contributed by atoms with Gasteiger partial charge in [0.2, 0.25) is 6.10 Å². The number of methoxy groups -OCH3 is 1. The SMILES string of the molecule is CCC(On1nnc2ccc(C(=O)OC)cc21)C(=O)Nc1ccccc1. The topological polar surface area (TPSA) is 95.3 Å². The highest BCUT2D eigenvalue weighted by molar-refractivity contribution is 5.94. The quantitative estimate of drug-likeness (QED) is 0.681. The van der Waals surface area contributed by atoms with E-state index in [0.717, 1.165) is 4.85 Å². The number of aromatic nitrogens is 3. The average Bonchev–Trinajstić information content (AvgIpc) is 3.08. The van der Waals surface area contributed by atoms with Gasteiger partial charge >= 0.3 is 5.97 Å². The predicted molar refractivity (Wildman–Crippen MR) is 94.6 cm³/mol. The number of esters is 1. The predicted octanol–water partition coefficient (Wildman–Crippen LogP) is 2.06. The highest BCUT2D eigenvalue weighted by Gasteiger charge is 2.21. The van der Waals surface area contributed by atoms with Gasteiger partial charge in [-0.1, -0.05) is 30.0 Å². The first kappa shape index (κ1) is 17.4. The molecule has 0 radical (unpaired) electrons. The third-order valence-electron chi connectivity index (χ3n) is 3.77. The second-order valence-corrected chi connectivity index (χ2v) is 5.52. The molecule has 0 saturated carbocycles. The van der Waals surface area contributed by atoms with Crippen LogP contribution in [0.3, 0.4) is 0 Å². The summed E-state index contributed by atoms with van der Waals surface area (Å²) < 4.78 is 4.71. The van der Waals surface area contributed by atoms with E-state index >= 15 is 0 Å². The van der Waals surface area contributed by atoms with E-state index < -0.39 is 12.1 Å². The maximum Gasteiger partial charge on any atom is 0.337 e. The molecule has 2 aromatic carbocycles. The first-order valence-corrected chi connectivity index (χ1v) is 8.09.